The van der Waals surface area contributed by atoms with Crippen LogP contribution in [-0.4, -0.2) is 26.3 Å². The Labute approximate surface area is 111 Å². The molecule has 1 heterocycles. The van der Waals surface area contributed by atoms with E-state index in [1.165, 1.54) is 11.8 Å². The molecule has 0 radical (unpaired) electrons. The molecule has 1 saturated carbocycles. The van der Waals surface area contributed by atoms with Crippen LogP contribution in [0.5, 0.6) is 0 Å². The quantitative estimate of drug-likeness (QED) is 0.852. The van der Waals surface area contributed by atoms with Crippen LogP contribution < -0.4 is 0 Å². The lowest BCUT2D eigenvalue weighted by Gasteiger charge is -2.31. The molecule has 3 unspecified atom stereocenters. The van der Waals surface area contributed by atoms with Gasteiger partial charge in [0.25, 0.3) is 0 Å². The predicted octanol–water partition coefficient (Wildman–Crippen LogP) is 2.77. The van der Waals surface area contributed by atoms with Gasteiger partial charge in [-0.25, -0.2) is 9.97 Å². The number of carboxylic acid groups (broad SMARTS) is 1. The molecule has 1 aliphatic rings. The molecule has 2 rings (SSSR count). The molecule has 0 bridgehead atoms. The Hall–Kier alpha value is -1.10. The maximum Gasteiger partial charge on any atom is 0.307 e. The second kappa shape index (κ2) is 5.69. The molecule has 3 atom stereocenters. The summed E-state index contributed by atoms with van der Waals surface area (Å²) in [6.07, 6.45) is 6.25. The summed E-state index contributed by atoms with van der Waals surface area (Å²) in [5, 5.41) is 10.0. The van der Waals surface area contributed by atoms with Gasteiger partial charge in [-0.2, -0.15) is 0 Å². The van der Waals surface area contributed by atoms with E-state index in [1.807, 2.05) is 6.92 Å². The van der Waals surface area contributed by atoms with E-state index < -0.39 is 5.97 Å². The van der Waals surface area contributed by atoms with Gasteiger partial charge in [-0.1, -0.05) is 18.7 Å². The summed E-state index contributed by atoms with van der Waals surface area (Å²) in [5.74, 6) is -0.369. The number of nitrogens with zero attached hydrogens (tertiary/aromatic N) is 2. The van der Waals surface area contributed by atoms with Gasteiger partial charge < -0.3 is 5.11 Å². The number of aromatic nitrogens is 2. The van der Waals surface area contributed by atoms with E-state index in [1.54, 1.807) is 12.4 Å². The summed E-state index contributed by atoms with van der Waals surface area (Å²) in [6.45, 7) is 4.12. The molecule has 1 aromatic rings. The second-order valence-corrected chi connectivity index (χ2v) is 6.27. The second-order valence-electron chi connectivity index (χ2n) is 5.06. The third-order valence-corrected chi connectivity index (χ3v) is 4.63. The predicted molar refractivity (Wildman–Crippen MR) is 70.6 cm³/mol. The van der Waals surface area contributed by atoms with Crippen LogP contribution >= 0.6 is 11.8 Å². The van der Waals surface area contributed by atoms with Crippen molar-refractivity contribution in [3.8, 4) is 0 Å². The van der Waals surface area contributed by atoms with E-state index in [9.17, 15) is 9.90 Å². The first-order valence-corrected chi connectivity index (χ1v) is 7.12. The highest BCUT2D eigenvalue weighted by Crippen LogP contribution is 2.38. The van der Waals surface area contributed by atoms with Crippen LogP contribution in [-0.2, 0) is 4.79 Å². The van der Waals surface area contributed by atoms with Crippen molar-refractivity contribution in [2.45, 2.75) is 43.5 Å². The third kappa shape index (κ3) is 3.22. The first-order valence-electron chi connectivity index (χ1n) is 6.24. The van der Waals surface area contributed by atoms with E-state index in [0.717, 1.165) is 24.8 Å². The van der Waals surface area contributed by atoms with Crippen molar-refractivity contribution in [1.82, 2.24) is 9.97 Å². The van der Waals surface area contributed by atoms with Crippen LogP contribution in [0.15, 0.2) is 17.6 Å². The molecule has 0 amide bonds. The minimum Gasteiger partial charge on any atom is -0.481 e. The zero-order valence-corrected chi connectivity index (χ0v) is 11.5. The first-order chi connectivity index (χ1) is 8.56. The minimum atomic E-state index is -0.688. The SMILES string of the molecule is Cc1cnc(SC2CC(C)CCC2C(=O)O)nc1. The topological polar surface area (TPSA) is 63.1 Å². The molecule has 1 N–H and O–H groups in total. The molecule has 0 saturated heterocycles. The fraction of sp³-hybridized carbons (Fsp3) is 0.615. The fourth-order valence-corrected chi connectivity index (χ4v) is 3.66. The van der Waals surface area contributed by atoms with Crippen LogP contribution in [0.4, 0.5) is 0 Å². The van der Waals surface area contributed by atoms with Crippen molar-refractivity contribution < 1.29 is 9.90 Å². The van der Waals surface area contributed by atoms with E-state index in [-0.39, 0.29) is 11.2 Å². The fourth-order valence-electron chi connectivity index (χ4n) is 2.32. The smallest absolute Gasteiger partial charge is 0.307 e. The summed E-state index contributed by atoms with van der Waals surface area (Å²) < 4.78 is 0. The van der Waals surface area contributed by atoms with Crippen LogP contribution in [0.2, 0.25) is 0 Å². The Morgan fingerprint density at radius 3 is 2.67 bits per heavy atom. The van der Waals surface area contributed by atoms with Gasteiger partial charge in [-0.05, 0) is 37.7 Å². The standard InChI is InChI=1S/C13H18N2O2S/c1-8-3-4-10(12(16)17)11(5-8)18-13-14-6-9(2)7-15-13/h6-8,10-11H,3-5H2,1-2H3,(H,16,17). The van der Waals surface area contributed by atoms with E-state index in [2.05, 4.69) is 16.9 Å². The zero-order valence-electron chi connectivity index (χ0n) is 10.7. The number of aliphatic carboxylic acids is 1. The van der Waals surface area contributed by atoms with Gasteiger partial charge in [0.15, 0.2) is 5.16 Å². The van der Waals surface area contributed by atoms with Crippen molar-refractivity contribution in [1.29, 1.82) is 0 Å². The van der Waals surface area contributed by atoms with Crippen LogP contribution in [0.25, 0.3) is 0 Å². The summed E-state index contributed by atoms with van der Waals surface area (Å²) >= 11 is 1.51. The average molecular weight is 266 g/mol. The molecule has 18 heavy (non-hydrogen) atoms. The normalized spacial score (nSPS) is 28.0. The van der Waals surface area contributed by atoms with Crippen LogP contribution in [0.3, 0.4) is 0 Å². The lowest BCUT2D eigenvalue weighted by atomic mass is 9.82. The van der Waals surface area contributed by atoms with Crippen molar-refractivity contribution >= 4 is 17.7 Å². The van der Waals surface area contributed by atoms with Gasteiger partial charge in [0.1, 0.15) is 0 Å². The van der Waals surface area contributed by atoms with Crippen LogP contribution in [0.1, 0.15) is 31.7 Å². The molecule has 0 aromatic carbocycles. The third-order valence-electron chi connectivity index (χ3n) is 3.39. The van der Waals surface area contributed by atoms with Gasteiger partial charge in [-0.15, -0.1) is 0 Å². The van der Waals surface area contributed by atoms with Gasteiger partial charge in [-0.3, -0.25) is 4.79 Å². The first kappa shape index (κ1) is 13.3. The minimum absolute atomic E-state index is 0.0916. The molecule has 4 nitrogen and oxygen atoms in total. The molecule has 1 aliphatic carbocycles. The summed E-state index contributed by atoms with van der Waals surface area (Å²) in [4.78, 5) is 19.8. The molecular weight excluding hydrogens is 248 g/mol. The number of hydrogen-bond donors (Lipinski definition) is 1. The number of aryl methyl sites for hydroxylation is 1. The van der Waals surface area contributed by atoms with Crippen molar-refractivity contribution in [3.63, 3.8) is 0 Å². The molecule has 0 aliphatic heterocycles. The Bertz CT molecular complexity index is 422. The Kier molecular flexibility index (Phi) is 4.22. The highest BCUT2D eigenvalue weighted by molar-refractivity contribution is 7.99. The maximum absolute atomic E-state index is 11.3. The zero-order chi connectivity index (χ0) is 13.1. The molecule has 1 aromatic heterocycles. The lowest BCUT2D eigenvalue weighted by molar-refractivity contribution is -0.142. The monoisotopic (exact) mass is 266 g/mol. The molecule has 1 fully saturated rings. The van der Waals surface area contributed by atoms with Crippen molar-refractivity contribution in [2.24, 2.45) is 11.8 Å². The number of rotatable bonds is 3. The van der Waals surface area contributed by atoms with E-state index >= 15 is 0 Å². The number of carbonyl (C=O) groups is 1. The van der Waals surface area contributed by atoms with Gasteiger partial charge in [0.2, 0.25) is 0 Å². The number of hydrogen-bond acceptors (Lipinski definition) is 4. The van der Waals surface area contributed by atoms with Gasteiger partial charge >= 0.3 is 5.97 Å². The average Bonchev–Trinajstić information content (AvgIpc) is 2.32. The highest BCUT2D eigenvalue weighted by atomic mass is 32.2. The largest absolute Gasteiger partial charge is 0.481 e. The van der Waals surface area contributed by atoms with Gasteiger partial charge in [0, 0.05) is 17.6 Å². The Morgan fingerprint density at radius 2 is 2.06 bits per heavy atom. The summed E-state index contributed by atoms with van der Waals surface area (Å²) in [5.41, 5.74) is 1.02. The van der Waals surface area contributed by atoms with Crippen molar-refractivity contribution in [3.05, 3.63) is 18.0 Å². The van der Waals surface area contributed by atoms with E-state index in [0.29, 0.717) is 11.1 Å². The lowest BCUT2D eigenvalue weighted by Crippen LogP contribution is -2.32. The highest BCUT2D eigenvalue weighted by Gasteiger charge is 2.34. The summed E-state index contributed by atoms with van der Waals surface area (Å²) in [7, 11) is 0. The molecular formula is C13H18N2O2S. The molecule has 5 heteroatoms. The maximum atomic E-state index is 11.3. The molecule has 0 spiro atoms. The van der Waals surface area contributed by atoms with E-state index in [4.69, 9.17) is 0 Å². The summed E-state index contributed by atoms with van der Waals surface area (Å²) in [6, 6.07) is 0. The Morgan fingerprint density at radius 1 is 1.39 bits per heavy atom. The van der Waals surface area contributed by atoms with Gasteiger partial charge in [0.05, 0.1) is 5.92 Å². The van der Waals surface area contributed by atoms with Crippen molar-refractivity contribution in [2.75, 3.05) is 0 Å². The number of carboxylic acids is 1. The number of thioether (sulfide) groups is 1. The molecule has 98 valence electrons. The Balaban J connectivity index is 2.08. The van der Waals surface area contributed by atoms with Crippen LogP contribution in [0, 0.1) is 18.8 Å².